The molecular formula is C17H28N2O. The van der Waals surface area contributed by atoms with Crippen LogP contribution >= 0.6 is 0 Å². The molecule has 2 rings (SSSR count). The van der Waals surface area contributed by atoms with Crippen molar-refractivity contribution in [1.29, 1.82) is 0 Å². The molecule has 20 heavy (non-hydrogen) atoms. The lowest BCUT2D eigenvalue weighted by Gasteiger charge is -2.40. The minimum absolute atomic E-state index is 0.397. The number of hydrogen-bond donors (Lipinski definition) is 1. The first kappa shape index (κ1) is 15.3. The van der Waals surface area contributed by atoms with Crippen molar-refractivity contribution in [3.63, 3.8) is 0 Å². The maximum absolute atomic E-state index is 9.68. The van der Waals surface area contributed by atoms with Crippen LogP contribution in [0.4, 0.5) is 0 Å². The van der Waals surface area contributed by atoms with Crippen molar-refractivity contribution in [2.24, 2.45) is 0 Å². The highest BCUT2D eigenvalue weighted by Gasteiger charge is 2.28. The first-order valence-electron chi connectivity index (χ1n) is 7.75. The summed E-state index contributed by atoms with van der Waals surface area (Å²) < 4.78 is 0. The first-order chi connectivity index (χ1) is 9.52. The summed E-state index contributed by atoms with van der Waals surface area (Å²) in [7, 11) is 4.27. The number of phenolic OH excluding ortho intramolecular Hbond substituents is 1. The van der Waals surface area contributed by atoms with Gasteiger partial charge in [0, 0.05) is 18.6 Å². The van der Waals surface area contributed by atoms with Gasteiger partial charge in [0.1, 0.15) is 5.75 Å². The van der Waals surface area contributed by atoms with Gasteiger partial charge in [0.05, 0.1) is 0 Å². The monoisotopic (exact) mass is 276 g/mol. The third-order valence-electron chi connectivity index (χ3n) is 4.37. The van der Waals surface area contributed by atoms with E-state index in [1.165, 1.54) is 24.0 Å². The second kappa shape index (κ2) is 6.59. The number of aromatic hydroxyl groups is 1. The predicted octanol–water partition coefficient (Wildman–Crippen LogP) is 3.04. The van der Waals surface area contributed by atoms with Crippen molar-refractivity contribution < 1.29 is 5.11 Å². The molecule has 0 fully saturated rings. The molecule has 0 heterocycles. The van der Waals surface area contributed by atoms with Crippen molar-refractivity contribution in [3.8, 4) is 5.75 Å². The molecule has 2 atom stereocenters. The Morgan fingerprint density at radius 2 is 2.10 bits per heavy atom. The zero-order valence-corrected chi connectivity index (χ0v) is 13.3. The van der Waals surface area contributed by atoms with Crippen molar-refractivity contribution in [1.82, 2.24) is 9.80 Å². The Labute approximate surface area is 123 Å². The lowest BCUT2D eigenvalue weighted by molar-refractivity contribution is 0.115. The first-order valence-corrected chi connectivity index (χ1v) is 7.75. The third kappa shape index (κ3) is 3.33. The maximum Gasteiger partial charge on any atom is 0.115 e. The molecule has 0 bridgehead atoms. The average Bonchev–Trinajstić information content (AvgIpc) is 2.38. The number of benzene rings is 1. The molecule has 3 heteroatoms. The summed E-state index contributed by atoms with van der Waals surface area (Å²) in [6.07, 6.45) is 3.54. The standard InChI is InChI=1S/C17H28N2O/c1-5-19(13(2)12-18(3)4)17-8-6-7-14-11-15(20)9-10-16(14)17/h9-11,13,17,20H,5-8,12H2,1-4H3. The summed E-state index contributed by atoms with van der Waals surface area (Å²) >= 11 is 0. The van der Waals surface area contributed by atoms with Crippen molar-refractivity contribution >= 4 is 0 Å². The number of rotatable bonds is 5. The molecule has 0 spiro atoms. The van der Waals surface area contributed by atoms with Gasteiger partial charge in [-0.25, -0.2) is 0 Å². The van der Waals surface area contributed by atoms with Crippen LogP contribution in [0, 0.1) is 0 Å². The minimum Gasteiger partial charge on any atom is -0.508 e. The van der Waals surface area contributed by atoms with E-state index in [1.54, 1.807) is 0 Å². The molecule has 1 aromatic carbocycles. The number of aryl methyl sites for hydroxylation is 1. The summed E-state index contributed by atoms with van der Waals surface area (Å²) in [6.45, 7) is 6.72. The molecule has 0 saturated heterocycles. The van der Waals surface area contributed by atoms with Gasteiger partial charge in [-0.2, -0.15) is 0 Å². The average molecular weight is 276 g/mol. The zero-order chi connectivity index (χ0) is 14.7. The fraction of sp³-hybridized carbons (Fsp3) is 0.647. The molecule has 0 aromatic heterocycles. The van der Waals surface area contributed by atoms with Gasteiger partial charge in [0.2, 0.25) is 0 Å². The molecule has 2 unspecified atom stereocenters. The van der Waals surface area contributed by atoms with Gasteiger partial charge in [0.15, 0.2) is 0 Å². The molecule has 0 amide bonds. The van der Waals surface area contributed by atoms with E-state index in [2.05, 4.69) is 43.8 Å². The number of likely N-dealkylation sites (N-methyl/N-ethyl adjacent to an activating group) is 2. The summed E-state index contributed by atoms with van der Waals surface area (Å²) in [5.74, 6) is 0.397. The van der Waals surface area contributed by atoms with E-state index < -0.39 is 0 Å². The Kier molecular flexibility index (Phi) is 5.06. The van der Waals surface area contributed by atoms with Gasteiger partial charge in [-0.1, -0.05) is 13.0 Å². The number of fused-ring (bicyclic) bond motifs is 1. The van der Waals surface area contributed by atoms with Crippen LogP contribution in [0.5, 0.6) is 5.75 Å². The van der Waals surface area contributed by atoms with Crippen LogP contribution in [0.25, 0.3) is 0 Å². The van der Waals surface area contributed by atoms with Gasteiger partial charge in [-0.05, 0) is 70.1 Å². The molecule has 1 aliphatic rings. The van der Waals surface area contributed by atoms with E-state index in [1.807, 2.05) is 12.1 Å². The van der Waals surface area contributed by atoms with Crippen LogP contribution < -0.4 is 0 Å². The minimum atomic E-state index is 0.397. The van der Waals surface area contributed by atoms with Crippen LogP contribution in [0.1, 0.15) is 43.9 Å². The largest absolute Gasteiger partial charge is 0.508 e. The normalized spacial score (nSPS) is 20.2. The highest BCUT2D eigenvalue weighted by Crippen LogP contribution is 2.36. The van der Waals surface area contributed by atoms with Gasteiger partial charge >= 0.3 is 0 Å². The molecule has 0 aliphatic heterocycles. The quantitative estimate of drug-likeness (QED) is 0.895. The van der Waals surface area contributed by atoms with Gasteiger partial charge in [-0.15, -0.1) is 0 Å². The van der Waals surface area contributed by atoms with E-state index in [0.29, 0.717) is 17.8 Å². The summed E-state index contributed by atoms with van der Waals surface area (Å²) in [5, 5.41) is 9.68. The van der Waals surface area contributed by atoms with E-state index >= 15 is 0 Å². The topological polar surface area (TPSA) is 26.7 Å². The molecule has 1 N–H and O–H groups in total. The molecule has 0 radical (unpaired) electrons. The molecule has 0 saturated carbocycles. The fourth-order valence-corrected chi connectivity index (χ4v) is 3.59. The second-order valence-electron chi connectivity index (χ2n) is 6.23. The van der Waals surface area contributed by atoms with Crippen molar-refractivity contribution in [2.45, 2.75) is 45.2 Å². The summed E-state index contributed by atoms with van der Waals surface area (Å²) in [5.41, 5.74) is 2.75. The van der Waals surface area contributed by atoms with E-state index in [-0.39, 0.29) is 0 Å². The molecule has 1 aliphatic carbocycles. The molecule has 112 valence electrons. The van der Waals surface area contributed by atoms with E-state index in [0.717, 1.165) is 19.5 Å². The number of phenols is 1. The lowest BCUT2D eigenvalue weighted by atomic mass is 9.86. The number of nitrogens with zero attached hydrogens (tertiary/aromatic N) is 2. The number of hydrogen-bond acceptors (Lipinski definition) is 3. The third-order valence-corrected chi connectivity index (χ3v) is 4.37. The predicted molar refractivity (Wildman–Crippen MR) is 84.2 cm³/mol. The summed E-state index contributed by atoms with van der Waals surface area (Å²) in [4.78, 5) is 4.86. The molecular weight excluding hydrogens is 248 g/mol. The Bertz CT molecular complexity index is 445. The smallest absolute Gasteiger partial charge is 0.115 e. The molecule has 1 aromatic rings. The fourth-order valence-electron chi connectivity index (χ4n) is 3.59. The van der Waals surface area contributed by atoms with Crippen LogP contribution in [-0.2, 0) is 6.42 Å². The Balaban J connectivity index is 2.24. The van der Waals surface area contributed by atoms with Crippen LogP contribution in [0.3, 0.4) is 0 Å². The summed E-state index contributed by atoms with van der Waals surface area (Å²) in [6, 6.07) is 6.95. The Hall–Kier alpha value is -1.06. The van der Waals surface area contributed by atoms with Crippen LogP contribution in [0.2, 0.25) is 0 Å². The van der Waals surface area contributed by atoms with Gasteiger partial charge in [-0.3, -0.25) is 4.90 Å². The van der Waals surface area contributed by atoms with Crippen molar-refractivity contribution in [3.05, 3.63) is 29.3 Å². The van der Waals surface area contributed by atoms with Crippen LogP contribution in [0.15, 0.2) is 18.2 Å². The zero-order valence-electron chi connectivity index (χ0n) is 13.3. The Morgan fingerprint density at radius 3 is 2.75 bits per heavy atom. The highest BCUT2D eigenvalue weighted by molar-refractivity contribution is 5.38. The van der Waals surface area contributed by atoms with E-state index in [4.69, 9.17) is 0 Å². The lowest BCUT2D eigenvalue weighted by Crippen LogP contribution is -2.43. The van der Waals surface area contributed by atoms with E-state index in [9.17, 15) is 5.11 Å². The second-order valence-corrected chi connectivity index (χ2v) is 6.23. The maximum atomic E-state index is 9.68. The highest BCUT2D eigenvalue weighted by atomic mass is 16.3. The van der Waals surface area contributed by atoms with Crippen molar-refractivity contribution in [2.75, 3.05) is 27.2 Å². The van der Waals surface area contributed by atoms with Gasteiger partial charge in [0.25, 0.3) is 0 Å². The SMILES string of the molecule is CCN(C(C)CN(C)C)C1CCCc2cc(O)ccc21. The molecule has 3 nitrogen and oxygen atoms in total. The van der Waals surface area contributed by atoms with Gasteiger partial charge < -0.3 is 10.0 Å². The van der Waals surface area contributed by atoms with Crippen LogP contribution in [-0.4, -0.2) is 48.1 Å². The Morgan fingerprint density at radius 1 is 1.35 bits per heavy atom.